The smallest absolute Gasteiger partial charge is 0.0599 e. The summed E-state index contributed by atoms with van der Waals surface area (Å²) in [6.45, 7) is 4.49. The monoisotopic (exact) mass is 259 g/mol. The molecule has 2 aromatic carbocycles. The number of hydrogen-bond acceptors (Lipinski definition) is 0. The Morgan fingerprint density at radius 1 is 0.900 bits per heavy atom. The van der Waals surface area contributed by atoms with E-state index in [0.717, 1.165) is 0 Å². The standard InChI is InChI=1S/C19H17N/c1-14-7-5-8-15(13-14)19(2)16-9-3-4-10-17(16)20-12-6-11-18(19)20/h3-13H,1-2H3. The zero-order chi connectivity index (χ0) is 13.7. The zero-order valence-electron chi connectivity index (χ0n) is 11.8. The largest absolute Gasteiger partial charge is 0.319 e. The van der Waals surface area contributed by atoms with Crippen LogP contribution < -0.4 is 0 Å². The molecule has 1 aliphatic rings. The maximum absolute atomic E-state index is 2.33. The van der Waals surface area contributed by atoms with Crippen LogP contribution in [0.3, 0.4) is 0 Å². The van der Waals surface area contributed by atoms with E-state index in [2.05, 4.69) is 85.3 Å². The molecular weight excluding hydrogens is 242 g/mol. The Balaban J connectivity index is 2.07. The highest BCUT2D eigenvalue weighted by molar-refractivity contribution is 5.63. The van der Waals surface area contributed by atoms with Crippen LogP contribution in [0, 0.1) is 6.92 Å². The summed E-state index contributed by atoms with van der Waals surface area (Å²) >= 11 is 0. The third kappa shape index (κ3) is 1.32. The number of fused-ring (bicyclic) bond motifs is 3. The van der Waals surface area contributed by atoms with Gasteiger partial charge >= 0.3 is 0 Å². The SMILES string of the molecule is Cc1cccc(C2(C)c3ccccc3-n3cccc32)c1. The van der Waals surface area contributed by atoms with Gasteiger partial charge in [-0.2, -0.15) is 0 Å². The second kappa shape index (κ2) is 3.86. The highest BCUT2D eigenvalue weighted by Gasteiger charge is 2.40. The maximum atomic E-state index is 2.33. The van der Waals surface area contributed by atoms with Crippen LogP contribution in [-0.4, -0.2) is 4.57 Å². The van der Waals surface area contributed by atoms with Gasteiger partial charge in [-0.15, -0.1) is 0 Å². The zero-order valence-corrected chi connectivity index (χ0v) is 11.8. The van der Waals surface area contributed by atoms with Crippen molar-refractivity contribution in [3.8, 4) is 5.69 Å². The quantitative estimate of drug-likeness (QED) is 0.608. The highest BCUT2D eigenvalue weighted by atomic mass is 15.0. The Labute approximate surface area is 119 Å². The van der Waals surface area contributed by atoms with E-state index in [1.807, 2.05) is 0 Å². The summed E-state index contributed by atoms with van der Waals surface area (Å²) in [7, 11) is 0. The van der Waals surface area contributed by atoms with E-state index in [-0.39, 0.29) is 5.41 Å². The molecule has 0 saturated carbocycles. The summed E-state index contributed by atoms with van der Waals surface area (Å²) in [6, 6.07) is 22.0. The van der Waals surface area contributed by atoms with Gasteiger partial charge in [-0.05, 0) is 43.2 Å². The maximum Gasteiger partial charge on any atom is 0.0599 e. The molecule has 0 fully saturated rings. The lowest BCUT2D eigenvalue weighted by Crippen LogP contribution is -2.22. The van der Waals surface area contributed by atoms with Crippen molar-refractivity contribution in [3.05, 3.63) is 89.2 Å². The summed E-state index contributed by atoms with van der Waals surface area (Å²) in [6.07, 6.45) is 2.16. The van der Waals surface area contributed by atoms with E-state index in [1.54, 1.807) is 0 Å². The number of aryl methyl sites for hydroxylation is 1. The molecule has 20 heavy (non-hydrogen) atoms. The molecular formula is C19H17N. The molecule has 0 saturated heterocycles. The molecule has 0 radical (unpaired) electrons. The van der Waals surface area contributed by atoms with Gasteiger partial charge in [0.2, 0.25) is 0 Å². The van der Waals surface area contributed by atoms with E-state index in [4.69, 9.17) is 0 Å². The molecule has 2 heterocycles. The number of aromatic nitrogens is 1. The first kappa shape index (κ1) is 11.5. The molecule has 0 spiro atoms. The first-order chi connectivity index (χ1) is 9.71. The molecule has 1 atom stereocenters. The minimum absolute atomic E-state index is 0.0634. The van der Waals surface area contributed by atoms with Crippen LogP contribution in [0.5, 0.6) is 0 Å². The van der Waals surface area contributed by atoms with Crippen molar-refractivity contribution in [2.45, 2.75) is 19.3 Å². The van der Waals surface area contributed by atoms with Crippen molar-refractivity contribution in [3.63, 3.8) is 0 Å². The predicted molar refractivity (Wildman–Crippen MR) is 82.5 cm³/mol. The summed E-state index contributed by atoms with van der Waals surface area (Å²) in [5.74, 6) is 0. The molecule has 98 valence electrons. The second-order valence-electron chi connectivity index (χ2n) is 5.78. The third-order valence-corrected chi connectivity index (χ3v) is 4.56. The third-order valence-electron chi connectivity index (χ3n) is 4.56. The van der Waals surface area contributed by atoms with E-state index >= 15 is 0 Å². The lowest BCUT2D eigenvalue weighted by Gasteiger charge is -2.26. The Morgan fingerprint density at radius 2 is 1.75 bits per heavy atom. The molecule has 0 aliphatic carbocycles. The number of hydrogen-bond donors (Lipinski definition) is 0. The average Bonchev–Trinajstić information content (AvgIpc) is 3.03. The van der Waals surface area contributed by atoms with Crippen molar-refractivity contribution < 1.29 is 0 Å². The number of para-hydroxylation sites is 1. The van der Waals surface area contributed by atoms with E-state index in [0.29, 0.717) is 0 Å². The fraction of sp³-hybridized carbons (Fsp3) is 0.158. The topological polar surface area (TPSA) is 4.93 Å². The fourth-order valence-electron chi connectivity index (χ4n) is 3.50. The number of nitrogens with zero attached hydrogens (tertiary/aromatic N) is 1. The van der Waals surface area contributed by atoms with Crippen molar-refractivity contribution >= 4 is 0 Å². The fourth-order valence-corrected chi connectivity index (χ4v) is 3.50. The Hall–Kier alpha value is -2.28. The molecule has 4 rings (SSSR count). The normalized spacial score (nSPS) is 19.7. The van der Waals surface area contributed by atoms with Crippen LogP contribution in [0.2, 0.25) is 0 Å². The molecule has 1 heteroatoms. The minimum Gasteiger partial charge on any atom is -0.319 e. The van der Waals surface area contributed by atoms with Gasteiger partial charge in [0.1, 0.15) is 0 Å². The Morgan fingerprint density at radius 3 is 2.60 bits per heavy atom. The molecule has 0 N–H and O–H groups in total. The molecule has 1 aliphatic heterocycles. The summed E-state index contributed by atoms with van der Waals surface area (Å²) in [5, 5.41) is 0. The van der Waals surface area contributed by atoms with E-state index in [9.17, 15) is 0 Å². The van der Waals surface area contributed by atoms with Crippen LogP contribution in [0.15, 0.2) is 66.9 Å². The average molecular weight is 259 g/mol. The molecule has 3 aromatic rings. The Bertz CT molecular complexity index is 797. The molecule has 1 nitrogen and oxygen atoms in total. The summed E-state index contributed by atoms with van der Waals surface area (Å²) in [4.78, 5) is 0. The van der Waals surface area contributed by atoms with Crippen LogP contribution in [0.1, 0.15) is 29.3 Å². The molecule has 1 aromatic heterocycles. The van der Waals surface area contributed by atoms with Gasteiger partial charge in [-0.25, -0.2) is 0 Å². The first-order valence-electron chi connectivity index (χ1n) is 7.06. The predicted octanol–water partition coefficient (Wildman–Crippen LogP) is 4.45. The number of benzene rings is 2. The highest BCUT2D eigenvalue weighted by Crippen LogP contribution is 2.47. The van der Waals surface area contributed by atoms with E-state index in [1.165, 1.54) is 28.1 Å². The van der Waals surface area contributed by atoms with Gasteiger partial charge in [0.15, 0.2) is 0 Å². The van der Waals surface area contributed by atoms with Gasteiger partial charge in [-0.3, -0.25) is 0 Å². The number of rotatable bonds is 1. The molecule has 0 bridgehead atoms. The van der Waals surface area contributed by atoms with Crippen LogP contribution in [0.25, 0.3) is 5.69 Å². The van der Waals surface area contributed by atoms with Gasteiger partial charge in [-0.1, -0.05) is 48.0 Å². The van der Waals surface area contributed by atoms with Crippen LogP contribution >= 0.6 is 0 Å². The lowest BCUT2D eigenvalue weighted by atomic mass is 9.75. The lowest BCUT2D eigenvalue weighted by molar-refractivity contribution is 0.693. The van der Waals surface area contributed by atoms with Crippen molar-refractivity contribution in [1.29, 1.82) is 0 Å². The van der Waals surface area contributed by atoms with Crippen LogP contribution in [-0.2, 0) is 5.41 Å². The van der Waals surface area contributed by atoms with Crippen molar-refractivity contribution in [2.75, 3.05) is 0 Å². The second-order valence-corrected chi connectivity index (χ2v) is 5.78. The summed E-state index contributed by atoms with van der Waals surface area (Å²) < 4.78 is 2.32. The summed E-state index contributed by atoms with van der Waals surface area (Å²) in [5.41, 5.74) is 6.65. The van der Waals surface area contributed by atoms with Gasteiger partial charge in [0, 0.05) is 17.6 Å². The Kier molecular flexibility index (Phi) is 2.23. The first-order valence-corrected chi connectivity index (χ1v) is 7.06. The van der Waals surface area contributed by atoms with E-state index < -0.39 is 0 Å². The van der Waals surface area contributed by atoms with Crippen LogP contribution in [0.4, 0.5) is 0 Å². The van der Waals surface area contributed by atoms with Gasteiger partial charge in [0.05, 0.1) is 5.41 Å². The van der Waals surface area contributed by atoms with Crippen molar-refractivity contribution in [2.24, 2.45) is 0 Å². The molecule has 0 amide bonds. The van der Waals surface area contributed by atoms with Gasteiger partial charge in [0.25, 0.3) is 0 Å². The van der Waals surface area contributed by atoms with Crippen molar-refractivity contribution in [1.82, 2.24) is 4.57 Å². The minimum atomic E-state index is -0.0634. The van der Waals surface area contributed by atoms with Gasteiger partial charge < -0.3 is 4.57 Å². The molecule has 1 unspecified atom stereocenters.